The molecule has 0 atom stereocenters. The molecule has 6 rings (SSSR count). The van der Waals surface area contributed by atoms with Gasteiger partial charge in [0, 0.05) is 35.5 Å². The van der Waals surface area contributed by atoms with Crippen LogP contribution < -0.4 is 5.32 Å². The minimum absolute atomic E-state index is 0.0372. The number of amides is 1. The lowest BCUT2D eigenvalue weighted by molar-refractivity contribution is 0.0967. The largest absolute Gasteiger partial charge is 0.354 e. The highest BCUT2D eigenvalue weighted by Gasteiger charge is 2.34. The molecule has 0 saturated heterocycles. The topological polar surface area (TPSA) is 60.5 Å². The molecule has 26 heavy (non-hydrogen) atoms. The third-order valence-corrected chi connectivity index (χ3v) is 5.86. The zero-order valence-electron chi connectivity index (χ0n) is 14.5. The summed E-state index contributed by atoms with van der Waals surface area (Å²) in [5.41, 5.74) is 9.13. The van der Waals surface area contributed by atoms with Crippen molar-refractivity contribution in [3.05, 3.63) is 52.6 Å². The number of benzene rings is 2. The number of rotatable bonds is 0. The van der Waals surface area contributed by atoms with Gasteiger partial charge < -0.3 is 10.3 Å². The molecule has 5 heteroatoms. The Kier molecular flexibility index (Phi) is 2.58. The van der Waals surface area contributed by atoms with E-state index in [-0.39, 0.29) is 5.91 Å². The van der Waals surface area contributed by atoms with Crippen molar-refractivity contribution in [1.82, 2.24) is 15.3 Å². The maximum absolute atomic E-state index is 12.7. The van der Waals surface area contributed by atoms with Crippen molar-refractivity contribution in [2.24, 2.45) is 5.10 Å². The minimum Gasteiger partial charge on any atom is -0.354 e. The van der Waals surface area contributed by atoms with Crippen LogP contribution >= 0.6 is 0 Å². The normalized spacial score (nSPS) is 18.3. The van der Waals surface area contributed by atoms with Crippen LogP contribution in [0.5, 0.6) is 0 Å². The number of likely N-dealkylation sites (N-methyl/N-ethyl adjacent to an activating group) is 1. The second-order valence-corrected chi connectivity index (χ2v) is 7.32. The molecule has 1 aliphatic carbocycles. The molecule has 128 valence electrons. The summed E-state index contributed by atoms with van der Waals surface area (Å²) < 4.78 is 0. The fourth-order valence-electron chi connectivity index (χ4n) is 4.79. The highest BCUT2D eigenvalue weighted by molar-refractivity contribution is 6.29. The lowest BCUT2D eigenvalue weighted by Gasteiger charge is -2.29. The molecule has 2 N–H and O–H groups in total. The van der Waals surface area contributed by atoms with Gasteiger partial charge in [0.1, 0.15) is 0 Å². The maximum Gasteiger partial charge on any atom is 0.252 e. The second-order valence-electron chi connectivity index (χ2n) is 7.32. The van der Waals surface area contributed by atoms with E-state index in [2.05, 4.69) is 28.5 Å². The molecule has 0 saturated carbocycles. The number of aromatic nitrogens is 1. The summed E-state index contributed by atoms with van der Waals surface area (Å²) in [6.45, 7) is 1.41. The van der Waals surface area contributed by atoms with E-state index in [1.54, 1.807) is 0 Å². The fourth-order valence-corrected chi connectivity index (χ4v) is 4.79. The summed E-state index contributed by atoms with van der Waals surface area (Å²) in [5, 5.41) is 12.0. The van der Waals surface area contributed by atoms with Gasteiger partial charge in [0.25, 0.3) is 5.91 Å². The SMILES string of the molecule is CN1CC=C2C(=N1)CCc1c2c2c(c3c1[nH]c1ccccc13)C(=O)NC2. The van der Waals surface area contributed by atoms with Crippen LogP contribution in [0.15, 0.2) is 35.4 Å². The molecule has 1 aromatic heterocycles. The van der Waals surface area contributed by atoms with Gasteiger partial charge in [-0.15, -0.1) is 0 Å². The van der Waals surface area contributed by atoms with Gasteiger partial charge in [0.2, 0.25) is 0 Å². The van der Waals surface area contributed by atoms with Crippen LogP contribution in [0.3, 0.4) is 0 Å². The number of hydrazone groups is 1. The van der Waals surface area contributed by atoms with Gasteiger partial charge in [-0.3, -0.25) is 9.80 Å². The van der Waals surface area contributed by atoms with Crippen molar-refractivity contribution >= 4 is 39.0 Å². The molecule has 0 unspecified atom stereocenters. The Morgan fingerprint density at radius 2 is 2.00 bits per heavy atom. The minimum atomic E-state index is 0.0372. The molecule has 1 amide bonds. The number of H-pyrrole nitrogens is 1. The van der Waals surface area contributed by atoms with Gasteiger partial charge in [-0.1, -0.05) is 24.3 Å². The van der Waals surface area contributed by atoms with E-state index >= 15 is 0 Å². The van der Waals surface area contributed by atoms with Gasteiger partial charge in [-0.05, 0) is 35.6 Å². The summed E-state index contributed by atoms with van der Waals surface area (Å²) in [6.07, 6.45) is 4.15. The van der Waals surface area contributed by atoms with Crippen molar-refractivity contribution in [1.29, 1.82) is 0 Å². The Balaban J connectivity index is 1.79. The average Bonchev–Trinajstić information content (AvgIpc) is 3.22. The number of hydrogen-bond acceptors (Lipinski definition) is 3. The first-order valence-electron chi connectivity index (χ1n) is 9.08. The van der Waals surface area contributed by atoms with E-state index in [1.165, 1.54) is 16.7 Å². The number of nitrogens with zero attached hydrogens (tertiary/aromatic N) is 2. The van der Waals surface area contributed by atoms with Gasteiger partial charge in [-0.25, -0.2) is 0 Å². The highest BCUT2D eigenvalue weighted by atomic mass is 16.1. The molecule has 3 aromatic rings. The van der Waals surface area contributed by atoms with Crippen molar-refractivity contribution in [3.8, 4) is 0 Å². The van der Waals surface area contributed by atoms with E-state index in [1.807, 2.05) is 24.2 Å². The van der Waals surface area contributed by atoms with Crippen LogP contribution in [0.1, 0.15) is 33.5 Å². The first-order valence-corrected chi connectivity index (χ1v) is 9.08. The zero-order chi connectivity index (χ0) is 17.4. The molecular formula is C21H18N4O. The summed E-state index contributed by atoms with van der Waals surface area (Å²) in [5.74, 6) is 0.0372. The van der Waals surface area contributed by atoms with Crippen molar-refractivity contribution in [3.63, 3.8) is 0 Å². The molecule has 3 heterocycles. The number of carbonyl (C=O) groups excluding carboxylic acids is 1. The summed E-state index contributed by atoms with van der Waals surface area (Å²) in [6, 6.07) is 8.27. The Hall–Kier alpha value is -3.08. The first-order chi connectivity index (χ1) is 12.7. The van der Waals surface area contributed by atoms with Crippen molar-refractivity contribution in [2.45, 2.75) is 19.4 Å². The third kappa shape index (κ3) is 1.65. The van der Waals surface area contributed by atoms with E-state index in [0.717, 1.165) is 58.0 Å². The number of hydrogen-bond donors (Lipinski definition) is 2. The van der Waals surface area contributed by atoms with E-state index in [0.29, 0.717) is 6.54 Å². The van der Waals surface area contributed by atoms with E-state index < -0.39 is 0 Å². The van der Waals surface area contributed by atoms with Gasteiger partial charge in [0.15, 0.2) is 0 Å². The Morgan fingerprint density at radius 1 is 1.12 bits per heavy atom. The van der Waals surface area contributed by atoms with Crippen LogP contribution in [0.2, 0.25) is 0 Å². The molecule has 0 spiro atoms. The van der Waals surface area contributed by atoms with Crippen molar-refractivity contribution < 1.29 is 4.79 Å². The lowest BCUT2D eigenvalue weighted by atomic mass is 9.79. The summed E-state index contributed by atoms with van der Waals surface area (Å²) >= 11 is 0. The second kappa shape index (κ2) is 4.75. The van der Waals surface area contributed by atoms with Crippen molar-refractivity contribution in [2.75, 3.05) is 13.6 Å². The van der Waals surface area contributed by atoms with Crippen LogP contribution in [0, 0.1) is 0 Å². The number of aryl methyl sites for hydroxylation is 1. The Bertz CT molecular complexity index is 1200. The van der Waals surface area contributed by atoms with Crippen LogP contribution in [0.25, 0.3) is 27.4 Å². The molecule has 5 nitrogen and oxygen atoms in total. The predicted octanol–water partition coefficient (Wildman–Crippen LogP) is 3.20. The molecular weight excluding hydrogens is 324 g/mol. The number of carbonyl (C=O) groups is 1. The number of fused-ring (bicyclic) bond motifs is 10. The smallest absolute Gasteiger partial charge is 0.252 e. The van der Waals surface area contributed by atoms with E-state index in [4.69, 9.17) is 5.10 Å². The maximum atomic E-state index is 12.7. The van der Waals surface area contributed by atoms with Gasteiger partial charge in [0.05, 0.1) is 23.3 Å². The van der Waals surface area contributed by atoms with Crippen LogP contribution in [0.4, 0.5) is 0 Å². The molecule has 2 aromatic carbocycles. The first kappa shape index (κ1) is 14.1. The molecule has 0 bridgehead atoms. The number of nitrogens with one attached hydrogen (secondary N) is 2. The molecule has 3 aliphatic rings. The van der Waals surface area contributed by atoms with E-state index in [9.17, 15) is 4.79 Å². The average molecular weight is 342 g/mol. The Morgan fingerprint density at radius 3 is 2.92 bits per heavy atom. The molecule has 0 radical (unpaired) electrons. The third-order valence-electron chi connectivity index (χ3n) is 5.86. The zero-order valence-corrected chi connectivity index (χ0v) is 14.5. The van der Waals surface area contributed by atoms with Gasteiger partial charge in [-0.2, -0.15) is 5.10 Å². The van der Waals surface area contributed by atoms with Crippen LogP contribution in [-0.4, -0.2) is 35.2 Å². The predicted molar refractivity (Wildman–Crippen MR) is 103 cm³/mol. The quantitative estimate of drug-likeness (QED) is 0.659. The van der Waals surface area contributed by atoms with Crippen LogP contribution in [-0.2, 0) is 13.0 Å². The number of para-hydroxylation sites is 1. The summed E-state index contributed by atoms with van der Waals surface area (Å²) in [7, 11) is 2.01. The number of aromatic amines is 1. The molecule has 2 aliphatic heterocycles. The Labute approximate surface area is 150 Å². The molecule has 0 fully saturated rings. The highest BCUT2D eigenvalue weighted by Crippen LogP contribution is 2.43. The summed E-state index contributed by atoms with van der Waals surface area (Å²) in [4.78, 5) is 16.3. The number of allylic oxidation sites excluding steroid dienone is 1. The monoisotopic (exact) mass is 342 g/mol. The standard InChI is InChI=1S/C21H18N4O/c1-25-9-8-12-16(24-25)7-6-13-17(12)14-10-22-21(26)19(14)18-11-4-2-3-5-15(11)23-20(13)18/h2-5,8,23H,6-7,9-10H2,1H3,(H,22,26). The fraction of sp³-hybridized carbons (Fsp3) is 0.238. The lowest BCUT2D eigenvalue weighted by Crippen LogP contribution is -2.25. The van der Waals surface area contributed by atoms with Gasteiger partial charge >= 0.3 is 0 Å².